The topological polar surface area (TPSA) is 98.3 Å². The van der Waals surface area contributed by atoms with Crippen molar-refractivity contribution in [2.75, 3.05) is 7.05 Å². The number of hydrogen-bond donors (Lipinski definition) is 3. The van der Waals surface area contributed by atoms with Gasteiger partial charge < -0.3 is 15.3 Å². The molecule has 0 aliphatic rings. The second-order valence-corrected chi connectivity index (χ2v) is 4.63. The Morgan fingerprint density at radius 1 is 1.56 bits per heavy atom. The molecule has 0 spiro atoms. The van der Waals surface area contributed by atoms with Crippen LogP contribution in [0.5, 0.6) is 0 Å². The Bertz CT molecular complexity index is 428. The van der Waals surface area contributed by atoms with Crippen molar-refractivity contribution >= 4 is 12.0 Å². The lowest BCUT2D eigenvalue weighted by molar-refractivity contribution is -0.146. The summed E-state index contributed by atoms with van der Waals surface area (Å²) >= 11 is 0. The van der Waals surface area contributed by atoms with Crippen molar-refractivity contribution < 1.29 is 14.7 Å². The quantitative estimate of drug-likeness (QED) is 0.745. The smallest absolute Gasteiger partial charge is 0.329 e. The minimum absolute atomic E-state index is 0.247. The summed E-state index contributed by atoms with van der Waals surface area (Å²) in [5.41, 5.74) is -0.440. The van der Waals surface area contributed by atoms with Crippen molar-refractivity contribution in [1.82, 2.24) is 20.4 Å². The third kappa shape index (κ3) is 2.79. The number of rotatable bonds is 4. The van der Waals surface area contributed by atoms with Crippen molar-refractivity contribution in [1.29, 1.82) is 0 Å². The third-order valence-corrected chi connectivity index (χ3v) is 3.03. The number of aliphatic carboxylic acids is 1. The van der Waals surface area contributed by atoms with Gasteiger partial charge in [0.15, 0.2) is 0 Å². The van der Waals surface area contributed by atoms with Crippen molar-refractivity contribution in [3.63, 3.8) is 0 Å². The number of hydrogen-bond acceptors (Lipinski definition) is 3. The van der Waals surface area contributed by atoms with Gasteiger partial charge in [0.1, 0.15) is 5.54 Å². The first kappa shape index (κ1) is 14.0. The average molecular weight is 254 g/mol. The monoisotopic (exact) mass is 254 g/mol. The van der Waals surface area contributed by atoms with Gasteiger partial charge >= 0.3 is 12.0 Å². The van der Waals surface area contributed by atoms with Crippen molar-refractivity contribution in [3.05, 3.63) is 18.0 Å². The molecule has 0 radical (unpaired) electrons. The van der Waals surface area contributed by atoms with E-state index in [9.17, 15) is 9.59 Å². The number of nitrogens with zero attached hydrogens (tertiary/aromatic N) is 2. The van der Waals surface area contributed by atoms with E-state index in [1.54, 1.807) is 19.3 Å². The van der Waals surface area contributed by atoms with Crippen LogP contribution in [0.3, 0.4) is 0 Å². The molecular weight excluding hydrogens is 236 g/mol. The van der Waals surface area contributed by atoms with E-state index >= 15 is 0 Å². The Balaban J connectivity index is 2.69. The number of nitrogens with one attached hydrogen (secondary N) is 2. The van der Waals surface area contributed by atoms with E-state index in [1.165, 1.54) is 20.9 Å². The molecule has 1 aromatic rings. The number of aromatic nitrogens is 2. The molecule has 2 amide bonds. The van der Waals surface area contributed by atoms with Crippen LogP contribution in [0.15, 0.2) is 12.4 Å². The highest BCUT2D eigenvalue weighted by Crippen LogP contribution is 2.15. The third-order valence-electron chi connectivity index (χ3n) is 3.03. The van der Waals surface area contributed by atoms with Gasteiger partial charge in [0.25, 0.3) is 0 Å². The number of carboxylic acids is 1. The molecule has 7 nitrogen and oxygen atoms in total. The molecule has 1 heterocycles. The Kier molecular flexibility index (Phi) is 3.95. The molecule has 7 heteroatoms. The molecule has 1 rings (SSSR count). The molecule has 0 fully saturated rings. The van der Waals surface area contributed by atoms with Crippen molar-refractivity contribution in [3.8, 4) is 0 Å². The predicted octanol–water partition coefficient (Wildman–Crippen LogP) is 0.975. The zero-order valence-corrected chi connectivity index (χ0v) is 10.9. The normalized spacial score (nSPS) is 12.9. The van der Waals surface area contributed by atoms with Gasteiger partial charge in [-0.2, -0.15) is 5.10 Å². The predicted molar refractivity (Wildman–Crippen MR) is 65.0 cm³/mol. The van der Waals surface area contributed by atoms with Crippen LogP contribution in [-0.2, 0) is 4.79 Å². The number of amides is 2. The lowest BCUT2D eigenvalue weighted by Gasteiger charge is -2.32. The van der Waals surface area contributed by atoms with E-state index in [1.807, 2.05) is 0 Å². The molecular formula is C11H18N4O3. The van der Waals surface area contributed by atoms with E-state index in [0.717, 1.165) is 10.5 Å². The number of carboxylic acid groups (broad SMARTS) is 1. The highest BCUT2D eigenvalue weighted by molar-refractivity contribution is 5.85. The van der Waals surface area contributed by atoms with Crippen molar-refractivity contribution in [2.24, 2.45) is 0 Å². The van der Waals surface area contributed by atoms with Gasteiger partial charge in [-0.15, -0.1) is 0 Å². The number of carbonyl (C=O) groups is 2. The molecule has 0 saturated heterocycles. The van der Waals surface area contributed by atoms with E-state index in [0.29, 0.717) is 0 Å². The lowest BCUT2D eigenvalue weighted by Crippen LogP contribution is -2.54. The van der Waals surface area contributed by atoms with Gasteiger partial charge in [-0.25, -0.2) is 9.59 Å². The highest BCUT2D eigenvalue weighted by atomic mass is 16.4. The van der Waals surface area contributed by atoms with Gasteiger partial charge in [0, 0.05) is 18.8 Å². The van der Waals surface area contributed by atoms with E-state index in [-0.39, 0.29) is 6.04 Å². The van der Waals surface area contributed by atoms with Crippen LogP contribution in [0, 0.1) is 0 Å². The Morgan fingerprint density at radius 2 is 2.17 bits per heavy atom. The first-order chi connectivity index (χ1) is 8.26. The van der Waals surface area contributed by atoms with E-state index < -0.39 is 17.5 Å². The first-order valence-electron chi connectivity index (χ1n) is 5.53. The van der Waals surface area contributed by atoms with Crippen LogP contribution in [0.25, 0.3) is 0 Å². The molecule has 100 valence electrons. The summed E-state index contributed by atoms with van der Waals surface area (Å²) in [6, 6.07) is -0.695. The summed E-state index contributed by atoms with van der Waals surface area (Å²) in [5.74, 6) is -1.06. The number of aromatic amines is 1. The van der Waals surface area contributed by atoms with Crippen LogP contribution in [0.4, 0.5) is 4.79 Å². The lowest BCUT2D eigenvalue weighted by atomic mass is 10.0. The maximum absolute atomic E-state index is 11.9. The van der Waals surface area contributed by atoms with Crippen LogP contribution in [0.2, 0.25) is 0 Å². The Hall–Kier alpha value is -2.05. The molecule has 0 aliphatic heterocycles. The second kappa shape index (κ2) is 5.07. The molecule has 1 aromatic heterocycles. The van der Waals surface area contributed by atoms with E-state index in [4.69, 9.17) is 5.11 Å². The van der Waals surface area contributed by atoms with Crippen LogP contribution in [0.1, 0.15) is 32.4 Å². The molecule has 0 aliphatic carbocycles. The Morgan fingerprint density at radius 3 is 2.61 bits per heavy atom. The van der Waals surface area contributed by atoms with Gasteiger partial charge in [0.2, 0.25) is 0 Å². The molecule has 0 saturated carbocycles. The summed E-state index contributed by atoms with van der Waals surface area (Å²) in [6.07, 6.45) is 3.28. The molecule has 1 atom stereocenters. The highest BCUT2D eigenvalue weighted by Gasteiger charge is 2.35. The number of urea groups is 1. The zero-order chi connectivity index (χ0) is 13.9. The summed E-state index contributed by atoms with van der Waals surface area (Å²) in [4.78, 5) is 24.1. The van der Waals surface area contributed by atoms with Gasteiger partial charge in [-0.1, -0.05) is 0 Å². The zero-order valence-electron chi connectivity index (χ0n) is 10.9. The summed E-state index contributed by atoms with van der Waals surface area (Å²) in [6.45, 7) is 4.74. The second-order valence-electron chi connectivity index (χ2n) is 4.63. The molecule has 1 unspecified atom stereocenters. The summed E-state index contributed by atoms with van der Waals surface area (Å²) in [7, 11) is 1.45. The number of likely N-dealkylation sites (N-methyl/N-ethyl adjacent to an activating group) is 1. The molecule has 0 aromatic carbocycles. The van der Waals surface area contributed by atoms with Gasteiger partial charge in [-0.3, -0.25) is 5.10 Å². The fraction of sp³-hybridized carbons (Fsp3) is 0.545. The maximum Gasteiger partial charge on any atom is 0.329 e. The van der Waals surface area contributed by atoms with Crippen LogP contribution < -0.4 is 5.32 Å². The molecule has 3 N–H and O–H groups in total. The average Bonchev–Trinajstić information content (AvgIpc) is 2.80. The minimum atomic E-state index is -1.26. The minimum Gasteiger partial charge on any atom is -0.480 e. The molecule has 0 bridgehead atoms. The van der Waals surface area contributed by atoms with Crippen molar-refractivity contribution in [2.45, 2.75) is 32.4 Å². The van der Waals surface area contributed by atoms with Crippen LogP contribution in [-0.4, -0.2) is 44.8 Å². The van der Waals surface area contributed by atoms with Crippen LogP contribution >= 0.6 is 0 Å². The maximum atomic E-state index is 11.9. The fourth-order valence-corrected chi connectivity index (χ4v) is 1.26. The van der Waals surface area contributed by atoms with Gasteiger partial charge in [0.05, 0.1) is 12.2 Å². The summed E-state index contributed by atoms with van der Waals surface area (Å²) in [5, 5.41) is 18.2. The molecule has 18 heavy (non-hydrogen) atoms. The van der Waals surface area contributed by atoms with Gasteiger partial charge in [-0.05, 0) is 20.8 Å². The SMILES string of the molecule is CC(NC(=O)N(C)C(C)(C)C(=O)O)c1cn[nH]c1. The van der Waals surface area contributed by atoms with E-state index in [2.05, 4.69) is 15.5 Å². The summed E-state index contributed by atoms with van der Waals surface area (Å²) < 4.78 is 0. The number of H-pyrrole nitrogens is 1. The number of carbonyl (C=O) groups excluding carboxylic acids is 1. The standard InChI is InChI=1S/C11H18N4O3/c1-7(8-5-12-13-6-8)14-10(18)15(4)11(2,3)9(16)17/h5-7H,1-4H3,(H,12,13)(H,14,18)(H,16,17). The Labute approximate surface area is 105 Å². The first-order valence-corrected chi connectivity index (χ1v) is 5.53. The fourth-order valence-electron chi connectivity index (χ4n) is 1.26. The largest absolute Gasteiger partial charge is 0.480 e.